The fourth-order valence-electron chi connectivity index (χ4n) is 0.227. The number of alkyl halides is 6. The molecule has 0 aromatic heterocycles. The smallest absolute Gasteiger partial charge is 0.208 e. The molecule has 0 heterocycles. The molecule has 0 aromatic rings. The number of hydrogen-bond donors (Lipinski definition) is 0. The first-order chi connectivity index (χ1) is 3.71. The highest BCUT2D eigenvalue weighted by Crippen LogP contribution is 2.40. The Morgan fingerprint density at radius 3 is 1.33 bits per heavy atom. The van der Waals surface area contributed by atoms with Gasteiger partial charge in [-0.15, -0.1) is 0 Å². The zero-order chi connectivity index (χ0) is 7.71. The summed E-state index contributed by atoms with van der Waals surface area (Å²) >= 11 is 25.1. The maximum absolute atomic E-state index is 12.2. The lowest BCUT2D eigenvalue weighted by atomic mass is 10.5. The van der Waals surface area contributed by atoms with Crippen molar-refractivity contribution in [2.75, 3.05) is 0 Å². The lowest BCUT2D eigenvalue weighted by Crippen LogP contribution is -2.15. The Balaban J connectivity index is 3.75. The van der Waals surface area contributed by atoms with E-state index in [9.17, 15) is 4.39 Å². The molecule has 0 aromatic carbocycles. The van der Waals surface area contributed by atoms with Crippen molar-refractivity contribution in [3.05, 3.63) is 0 Å². The van der Waals surface area contributed by atoms with Crippen LogP contribution in [0.2, 0.25) is 0 Å². The summed E-state index contributed by atoms with van der Waals surface area (Å²) in [6.07, 6.45) is -0.548. The van der Waals surface area contributed by atoms with Crippen molar-refractivity contribution in [2.24, 2.45) is 0 Å². The van der Waals surface area contributed by atoms with Crippen molar-refractivity contribution < 1.29 is 4.39 Å². The Bertz CT molecular complexity index is 77.4. The van der Waals surface area contributed by atoms with Crippen LogP contribution in [0, 0.1) is 0 Å². The van der Waals surface area contributed by atoms with Crippen LogP contribution in [-0.4, -0.2) is 8.38 Å². The third-order valence-corrected chi connectivity index (χ3v) is 1.07. The van der Waals surface area contributed by atoms with Gasteiger partial charge in [-0.3, -0.25) is 0 Å². The van der Waals surface area contributed by atoms with E-state index in [1.807, 2.05) is 0 Å². The molecule has 0 spiro atoms. The highest BCUT2D eigenvalue weighted by atomic mass is 35.6. The van der Waals surface area contributed by atoms with E-state index in [0.29, 0.717) is 0 Å². The van der Waals surface area contributed by atoms with Gasteiger partial charge >= 0.3 is 0 Å². The standard InChI is InChI=1S/C3H2Cl5F/c4-2(5,6)1-3(7,8)9/h1H2. The molecule has 0 bridgehead atoms. The van der Waals surface area contributed by atoms with Crippen LogP contribution in [0.1, 0.15) is 6.42 Å². The summed E-state index contributed by atoms with van der Waals surface area (Å²) in [5.41, 5.74) is 0. The van der Waals surface area contributed by atoms with Gasteiger partial charge in [0, 0.05) is 0 Å². The van der Waals surface area contributed by atoms with Crippen LogP contribution < -0.4 is 0 Å². The third-order valence-electron chi connectivity index (χ3n) is 0.401. The summed E-state index contributed by atoms with van der Waals surface area (Å²) in [5.74, 6) is 0. The van der Waals surface area contributed by atoms with Crippen LogP contribution >= 0.6 is 58.0 Å². The van der Waals surface area contributed by atoms with E-state index in [1.54, 1.807) is 0 Å². The molecule has 0 fully saturated rings. The molecule has 0 rings (SSSR count). The summed E-state index contributed by atoms with van der Waals surface area (Å²) in [4.78, 5) is 0. The van der Waals surface area contributed by atoms with Crippen LogP contribution in [-0.2, 0) is 0 Å². The molecule has 9 heavy (non-hydrogen) atoms. The Morgan fingerprint density at radius 1 is 1.00 bits per heavy atom. The highest BCUT2D eigenvalue weighted by molar-refractivity contribution is 6.68. The molecular formula is C3H2Cl5F. The van der Waals surface area contributed by atoms with E-state index in [4.69, 9.17) is 58.0 Å². The van der Waals surface area contributed by atoms with Gasteiger partial charge in [0.1, 0.15) is 0 Å². The Morgan fingerprint density at radius 2 is 1.33 bits per heavy atom. The van der Waals surface area contributed by atoms with Crippen LogP contribution in [0.15, 0.2) is 0 Å². The van der Waals surface area contributed by atoms with Crippen LogP contribution in [0.25, 0.3) is 0 Å². The van der Waals surface area contributed by atoms with E-state index in [1.165, 1.54) is 0 Å². The normalized spacial score (nSPS) is 14.0. The molecule has 0 saturated carbocycles. The van der Waals surface area contributed by atoms with Crippen molar-refractivity contribution in [1.82, 2.24) is 0 Å². The van der Waals surface area contributed by atoms with Gasteiger partial charge in [-0.1, -0.05) is 58.0 Å². The highest BCUT2D eigenvalue weighted by Gasteiger charge is 2.34. The zero-order valence-electron chi connectivity index (χ0n) is 3.97. The Labute approximate surface area is 77.2 Å². The fraction of sp³-hybridized carbons (Fsp3) is 1.00. The minimum atomic E-state index is -2.47. The van der Waals surface area contributed by atoms with Crippen molar-refractivity contribution in [2.45, 2.75) is 14.8 Å². The summed E-state index contributed by atoms with van der Waals surface area (Å²) in [6, 6.07) is 0. The Kier molecular flexibility index (Phi) is 3.67. The zero-order valence-corrected chi connectivity index (χ0v) is 7.75. The molecule has 56 valence electrons. The van der Waals surface area contributed by atoms with E-state index < -0.39 is 14.8 Å². The molecular weight excluding hydrogens is 232 g/mol. The second-order valence-electron chi connectivity index (χ2n) is 1.41. The second kappa shape index (κ2) is 3.19. The maximum atomic E-state index is 12.2. The van der Waals surface area contributed by atoms with Crippen LogP contribution in [0.4, 0.5) is 4.39 Å². The van der Waals surface area contributed by atoms with Crippen molar-refractivity contribution in [1.29, 1.82) is 0 Å². The number of halogens is 6. The monoisotopic (exact) mass is 232 g/mol. The lowest BCUT2D eigenvalue weighted by molar-refractivity contribution is 0.374. The summed E-state index contributed by atoms with van der Waals surface area (Å²) in [5, 5.41) is 0. The van der Waals surface area contributed by atoms with Gasteiger partial charge in [0.25, 0.3) is 4.59 Å². The minimum Gasteiger partial charge on any atom is -0.208 e. The predicted molar refractivity (Wildman–Crippen MR) is 40.5 cm³/mol. The van der Waals surface area contributed by atoms with Gasteiger partial charge in [0.15, 0.2) is 3.79 Å². The minimum absolute atomic E-state index is 0.548. The summed E-state index contributed by atoms with van der Waals surface area (Å²) < 4.78 is 7.96. The van der Waals surface area contributed by atoms with Crippen molar-refractivity contribution in [3.63, 3.8) is 0 Å². The summed E-state index contributed by atoms with van der Waals surface area (Å²) in [6.45, 7) is 0. The first-order valence-corrected chi connectivity index (χ1v) is 3.73. The van der Waals surface area contributed by atoms with Gasteiger partial charge in [0.05, 0.1) is 6.42 Å². The van der Waals surface area contributed by atoms with E-state index in [2.05, 4.69) is 0 Å². The molecule has 0 aliphatic rings. The average molecular weight is 234 g/mol. The SMILES string of the molecule is FC(Cl)(Cl)CC(Cl)(Cl)Cl. The van der Waals surface area contributed by atoms with Gasteiger partial charge in [0.2, 0.25) is 0 Å². The molecule has 0 nitrogen and oxygen atoms in total. The molecule has 6 heteroatoms. The quantitative estimate of drug-likeness (QED) is 0.605. The number of hydrogen-bond acceptors (Lipinski definition) is 0. The maximum Gasteiger partial charge on any atom is 0.261 e. The molecule has 0 atom stereocenters. The Hall–Kier alpha value is 1.38. The first-order valence-electron chi connectivity index (χ1n) is 1.84. The van der Waals surface area contributed by atoms with E-state index >= 15 is 0 Å². The van der Waals surface area contributed by atoms with Gasteiger partial charge in [-0.2, -0.15) is 0 Å². The van der Waals surface area contributed by atoms with Gasteiger partial charge < -0.3 is 0 Å². The van der Waals surface area contributed by atoms with E-state index in [-0.39, 0.29) is 0 Å². The summed E-state index contributed by atoms with van der Waals surface area (Å²) in [7, 11) is 0. The first kappa shape index (κ1) is 10.4. The van der Waals surface area contributed by atoms with Crippen LogP contribution in [0.3, 0.4) is 0 Å². The lowest BCUT2D eigenvalue weighted by Gasteiger charge is -2.14. The van der Waals surface area contributed by atoms with E-state index in [0.717, 1.165) is 0 Å². The number of rotatable bonds is 1. The van der Waals surface area contributed by atoms with Gasteiger partial charge in [-0.25, -0.2) is 4.39 Å². The topological polar surface area (TPSA) is 0 Å². The molecule has 0 aliphatic heterocycles. The van der Waals surface area contributed by atoms with Crippen molar-refractivity contribution in [3.8, 4) is 0 Å². The van der Waals surface area contributed by atoms with Crippen molar-refractivity contribution >= 4 is 58.0 Å². The average Bonchev–Trinajstić information content (AvgIpc) is 1.14. The third kappa shape index (κ3) is 9.38. The predicted octanol–water partition coefficient (Wildman–Crippen LogP) is 3.85. The molecule has 0 unspecified atom stereocenters. The van der Waals surface area contributed by atoms with Crippen LogP contribution in [0.5, 0.6) is 0 Å². The fourth-order valence-corrected chi connectivity index (χ4v) is 1.59. The molecule has 0 saturated heterocycles. The molecule has 0 radical (unpaired) electrons. The second-order valence-corrected chi connectivity index (χ2v) is 5.31. The molecule has 0 N–H and O–H groups in total. The molecule has 0 aliphatic carbocycles. The molecule has 0 amide bonds. The van der Waals surface area contributed by atoms with Gasteiger partial charge in [-0.05, 0) is 0 Å². The largest absolute Gasteiger partial charge is 0.261 e.